The van der Waals surface area contributed by atoms with Crippen LogP contribution in [0, 0.1) is 0 Å². The second-order valence-electron chi connectivity index (χ2n) is 3.16. The molecule has 1 rings (SSSR count). The first kappa shape index (κ1) is 10.6. The SMILES string of the molecule is CCC1(CC)OC[C@@H](C(=O)CO)O1. The molecule has 0 aromatic carbocycles. The maximum absolute atomic E-state index is 11.1. The van der Waals surface area contributed by atoms with Crippen LogP contribution in [-0.2, 0) is 14.3 Å². The zero-order valence-electron chi connectivity index (χ0n) is 8.08. The van der Waals surface area contributed by atoms with Crippen molar-refractivity contribution >= 4 is 5.78 Å². The summed E-state index contributed by atoms with van der Waals surface area (Å²) in [7, 11) is 0. The van der Waals surface area contributed by atoms with Gasteiger partial charge in [0.1, 0.15) is 12.7 Å². The number of rotatable bonds is 4. The van der Waals surface area contributed by atoms with E-state index in [9.17, 15) is 4.79 Å². The Bertz CT molecular complexity index is 186. The van der Waals surface area contributed by atoms with Crippen molar-refractivity contribution in [3.8, 4) is 0 Å². The van der Waals surface area contributed by atoms with Crippen LogP contribution in [0.1, 0.15) is 26.7 Å². The molecule has 1 saturated heterocycles. The molecular formula is C9H16O4. The lowest BCUT2D eigenvalue weighted by molar-refractivity contribution is -0.176. The molecule has 0 aliphatic carbocycles. The van der Waals surface area contributed by atoms with Crippen LogP contribution in [0.25, 0.3) is 0 Å². The lowest BCUT2D eigenvalue weighted by Crippen LogP contribution is -2.32. The number of carbonyl (C=O) groups excluding carboxylic acids is 1. The molecule has 0 unspecified atom stereocenters. The molecule has 1 heterocycles. The Balaban J connectivity index is 2.56. The van der Waals surface area contributed by atoms with E-state index < -0.39 is 18.5 Å². The topological polar surface area (TPSA) is 55.8 Å². The second-order valence-corrected chi connectivity index (χ2v) is 3.16. The lowest BCUT2D eigenvalue weighted by atomic mass is 10.1. The third-order valence-electron chi connectivity index (χ3n) is 2.45. The molecule has 0 aromatic heterocycles. The number of ketones is 1. The molecule has 0 saturated carbocycles. The van der Waals surface area contributed by atoms with E-state index in [1.54, 1.807) is 0 Å². The molecule has 1 aliphatic rings. The van der Waals surface area contributed by atoms with Crippen molar-refractivity contribution in [2.75, 3.05) is 13.2 Å². The van der Waals surface area contributed by atoms with Gasteiger partial charge in [0.05, 0.1) is 6.61 Å². The average molecular weight is 188 g/mol. The molecule has 13 heavy (non-hydrogen) atoms. The number of hydrogen-bond acceptors (Lipinski definition) is 4. The summed E-state index contributed by atoms with van der Waals surface area (Å²) in [6, 6.07) is 0. The highest BCUT2D eigenvalue weighted by molar-refractivity contribution is 5.84. The molecule has 0 radical (unpaired) electrons. The largest absolute Gasteiger partial charge is 0.388 e. The van der Waals surface area contributed by atoms with Crippen molar-refractivity contribution in [2.45, 2.75) is 38.6 Å². The Labute approximate surface area is 77.8 Å². The summed E-state index contributed by atoms with van der Waals surface area (Å²) in [6.07, 6.45) is 0.863. The quantitative estimate of drug-likeness (QED) is 0.697. The maximum atomic E-state index is 11.1. The van der Waals surface area contributed by atoms with Crippen LogP contribution in [0.4, 0.5) is 0 Å². The minimum absolute atomic E-state index is 0.265. The standard InChI is InChI=1S/C9H16O4/c1-3-9(4-2)12-6-8(13-9)7(11)5-10/h8,10H,3-6H2,1-2H3/t8-/m0/s1. The van der Waals surface area contributed by atoms with Crippen molar-refractivity contribution in [2.24, 2.45) is 0 Å². The van der Waals surface area contributed by atoms with Crippen molar-refractivity contribution < 1.29 is 19.4 Å². The molecule has 0 aromatic rings. The number of carbonyl (C=O) groups is 1. The molecule has 4 heteroatoms. The fourth-order valence-corrected chi connectivity index (χ4v) is 1.44. The summed E-state index contributed by atoms with van der Waals surface area (Å²) in [5.41, 5.74) is 0. The normalized spacial score (nSPS) is 26.2. The number of ether oxygens (including phenoxy) is 2. The first-order valence-electron chi connectivity index (χ1n) is 4.62. The van der Waals surface area contributed by atoms with Gasteiger partial charge in [0, 0.05) is 0 Å². The third kappa shape index (κ3) is 2.07. The molecular weight excluding hydrogens is 172 g/mol. The van der Waals surface area contributed by atoms with Crippen LogP contribution in [-0.4, -0.2) is 36.0 Å². The summed E-state index contributed by atoms with van der Waals surface area (Å²) < 4.78 is 10.9. The molecule has 0 bridgehead atoms. The predicted molar refractivity (Wildman–Crippen MR) is 46.2 cm³/mol. The Morgan fingerprint density at radius 1 is 1.54 bits per heavy atom. The van der Waals surface area contributed by atoms with Crippen LogP contribution in [0.2, 0.25) is 0 Å². The number of aliphatic hydroxyl groups excluding tert-OH is 1. The number of hydrogen-bond donors (Lipinski definition) is 1. The van der Waals surface area contributed by atoms with E-state index in [0.29, 0.717) is 0 Å². The lowest BCUT2D eigenvalue weighted by Gasteiger charge is -2.24. The predicted octanol–water partition coefficient (Wildman–Crippen LogP) is 0.480. The zero-order valence-corrected chi connectivity index (χ0v) is 8.08. The van der Waals surface area contributed by atoms with Gasteiger partial charge in [0.15, 0.2) is 11.6 Å². The van der Waals surface area contributed by atoms with Gasteiger partial charge >= 0.3 is 0 Å². The van der Waals surface area contributed by atoms with E-state index in [0.717, 1.165) is 12.8 Å². The van der Waals surface area contributed by atoms with E-state index in [4.69, 9.17) is 14.6 Å². The highest BCUT2D eigenvalue weighted by Crippen LogP contribution is 2.30. The molecule has 1 atom stereocenters. The van der Waals surface area contributed by atoms with Gasteiger partial charge in [-0.2, -0.15) is 0 Å². The number of aliphatic hydroxyl groups is 1. The second kappa shape index (κ2) is 4.17. The monoisotopic (exact) mass is 188 g/mol. The van der Waals surface area contributed by atoms with Crippen LogP contribution in [0.3, 0.4) is 0 Å². The molecule has 4 nitrogen and oxygen atoms in total. The molecule has 1 N–H and O–H groups in total. The van der Waals surface area contributed by atoms with Crippen molar-refractivity contribution in [3.05, 3.63) is 0 Å². The first-order valence-corrected chi connectivity index (χ1v) is 4.62. The van der Waals surface area contributed by atoms with Gasteiger partial charge in [-0.15, -0.1) is 0 Å². The van der Waals surface area contributed by atoms with E-state index >= 15 is 0 Å². The Kier molecular flexibility index (Phi) is 3.41. The Morgan fingerprint density at radius 2 is 2.15 bits per heavy atom. The molecule has 0 amide bonds. The van der Waals surface area contributed by atoms with Gasteiger partial charge in [-0.3, -0.25) is 4.79 Å². The van der Waals surface area contributed by atoms with E-state index in [2.05, 4.69) is 0 Å². The fraction of sp³-hybridized carbons (Fsp3) is 0.889. The van der Waals surface area contributed by atoms with Gasteiger partial charge in [-0.25, -0.2) is 0 Å². The van der Waals surface area contributed by atoms with Gasteiger partial charge < -0.3 is 14.6 Å². The zero-order chi connectivity index (χ0) is 9.90. The Hall–Kier alpha value is -0.450. The summed E-state index contributed by atoms with van der Waals surface area (Å²) in [5.74, 6) is -0.904. The maximum Gasteiger partial charge on any atom is 0.189 e. The summed E-state index contributed by atoms with van der Waals surface area (Å²) in [6.45, 7) is 3.70. The van der Waals surface area contributed by atoms with Gasteiger partial charge in [0.25, 0.3) is 0 Å². The van der Waals surface area contributed by atoms with E-state index in [-0.39, 0.29) is 12.4 Å². The minimum atomic E-state index is -0.602. The van der Waals surface area contributed by atoms with E-state index in [1.807, 2.05) is 13.8 Å². The molecule has 76 valence electrons. The van der Waals surface area contributed by atoms with Gasteiger partial charge in [0.2, 0.25) is 0 Å². The average Bonchev–Trinajstić information content (AvgIpc) is 2.61. The molecule has 0 spiro atoms. The van der Waals surface area contributed by atoms with Gasteiger partial charge in [-0.05, 0) is 12.8 Å². The van der Waals surface area contributed by atoms with Crippen molar-refractivity contribution in [3.63, 3.8) is 0 Å². The van der Waals surface area contributed by atoms with Crippen LogP contribution in [0.5, 0.6) is 0 Å². The summed E-state index contributed by atoms with van der Waals surface area (Å²) >= 11 is 0. The fourth-order valence-electron chi connectivity index (χ4n) is 1.44. The van der Waals surface area contributed by atoms with Gasteiger partial charge in [-0.1, -0.05) is 13.8 Å². The van der Waals surface area contributed by atoms with Crippen molar-refractivity contribution in [1.29, 1.82) is 0 Å². The van der Waals surface area contributed by atoms with E-state index in [1.165, 1.54) is 0 Å². The molecule has 1 aliphatic heterocycles. The first-order chi connectivity index (χ1) is 6.17. The van der Waals surface area contributed by atoms with Crippen molar-refractivity contribution in [1.82, 2.24) is 0 Å². The minimum Gasteiger partial charge on any atom is -0.388 e. The Morgan fingerprint density at radius 3 is 2.54 bits per heavy atom. The third-order valence-corrected chi connectivity index (χ3v) is 2.45. The highest BCUT2D eigenvalue weighted by atomic mass is 16.7. The summed E-state index contributed by atoms with van der Waals surface area (Å²) in [5, 5.41) is 8.63. The van der Waals surface area contributed by atoms with Crippen LogP contribution >= 0.6 is 0 Å². The molecule has 1 fully saturated rings. The van der Waals surface area contributed by atoms with Crippen LogP contribution in [0.15, 0.2) is 0 Å². The van der Waals surface area contributed by atoms with Crippen LogP contribution < -0.4 is 0 Å². The number of Topliss-reactive ketones (excluding diaryl/α,β-unsaturated/α-hetero) is 1. The summed E-state index contributed by atoms with van der Waals surface area (Å²) in [4.78, 5) is 11.1. The smallest absolute Gasteiger partial charge is 0.189 e. The highest BCUT2D eigenvalue weighted by Gasteiger charge is 2.41.